The van der Waals surface area contributed by atoms with Gasteiger partial charge in [-0.1, -0.05) is 171 Å². The van der Waals surface area contributed by atoms with Crippen LogP contribution >= 0.6 is 0 Å². The van der Waals surface area contributed by atoms with Gasteiger partial charge in [-0.15, -0.1) is 6.58 Å². The summed E-state index contributed by atoms with van der Waals surface area (Å²) >= 11 is 0. The molecule has 3 heteroatoms. The number of hydrogen-bond donors (Lipinski definition) is 0. The molecule has 2 aliphatic rings. The van der Waals surface area contributed by atoms with Crippen molar-refractivity contribution in [3.05, 3.63) is 61.3 Å². The molecular formula is C53H95NO2. The number of fused-ring (bicyclic) bond motifs is 1. The van der Waals surface area contributed by atoms with E-state index in [1.807, 2.05) is 0 Å². The maximum Gasteiger partial charge on any atom is 0.169 e. The van der Waals surface area contributed by atoms with E-state index in [9.17, 15) is 0 Å². The highest BCUT2D eigenvalue weighted by Crippen LogP contribution is 2.44. The second kappa shape index (κ2) is 36.6. The van der Waals surface area contributed by atoms with Crippen LogP contribution in [0.1, 0.15) is 239 Å². The molecule has 0 radical (unpaired) electrons. The topological polar surface area (TPSA) is 21.7 Å². The lowest BCUT2D eigenvalue weighted by Gasteiger charge is -2.32. The first-order chi connectivity index (χ1) is 27.6. The minimum atomic E-state index is -0.324. The van der Waals surface area contributed by atoms with Gasteiger partial charge in [0.25, 0.3) is 0 Å². The summed E-state index contributed by atoms with van der Waals surface area (Å²) in [6, 6.07) is 0.610. The molecule has 2 fully saturated rings. The van der Waals surface area contributed by atoms with Gasteiger partial charge in [-0.25, -0.2) is 0 Å². The van der Waals surface area contributed by atoms with E-state index in [4.69, 9.17) is 9.47 Å². The van der Waals surface area contributed by atoms with E-state index >= 15 is 0 Å². The normalized spacial score (nSPS) is 21.3. The van der Waals surface area contributed by atoms with Crippen molar-refractivity contribution in [2.45, 2.75) is 263 Å². The van der Waals surface area contributed by atoms with Gasteiger partial charge in [0.2, 0.25) is 0 Å². The maximum atomic E-state index is 7.01. The van der Waals surface area contributed by atoms with E-state index < -0.39 is 0 Å². The van der Waals surface area contributed by atoms with Crippen molar-refractivity contribution in [3.63, 3.8) is 0 Å². The molecule has 2 unspecified atom stereocenters. The molecule has 1 heterocycles. The lowest BCUT2D eigenvalue weighted by molar-refractivity contribution is -0.193. The molecule has 0 spiro atoms. The number of ether oxygens (including phenoxy) is 2. The fourth-order valence-electron chi connectivity index (χ4n) is 8.79. The first-order valence-electron chi connectivity index (χ1n) is 24.9. The molecule has 3 nitrogen and oxygen atoms in total. The van der Waals surface area contributed by atoms with E-state index in [-0.39, 0.29) is 5.79 Å². The lowest BCUT2D eigenvalue weighted by Crippen LogP contribution is -2.36. The Morgan fingerprint density at radius 1 is 0.464 bits per heavy atom. The van der Waals surface area contributed by atoms with Gasteiger partial charge in [-0.3, -0.25) is 0 Å². The fraction of sp³-hybridized carbons (Fsp3) is 0.811. The maximum absolute atomic E-state index is 7.01. The van der Waals surface area contributed by atoms with E-state index in [0.29, 0.717) is 18.2 Å². The van der Waals surface area contributed by atoms with Crippen molar-refractivity contribution in [3.8, 4) is 0 Å². The average molecular weight is 778 g/mol. The van der Waals surface area contributed by atoms with Crippen molar-refractivity contribution in [1.82, 2.24) is 4.90 Å². The molecule has 0 amide bonds. The summed E-state index contributed by atoms with van der Waals surface area (Å²) in [6.45, 7) is 9.61. The smallest absolute Gasteiger partial charge is 0.169 e. The van der Waals surface area contributed by atoms with Crippen LogP contribution in [0.5, 0.6) is 0 Å². The van der Waals surface area contributed by atoms with E-state index in [1.165, 1.54) is 193 Å². The quantitative estimate of drug-likeness (QED) is 0.0457. The Balaban J connectivity index is 1.66. The highest BCUT2D eigenvalue weighted by atomic mass is 16.8. The summed E-state index contributed by atoms with van der Waals surface area (Å²) in [7, 11) is 2.34. The Labute approximate surface area is 350 Å². The summed E-state index contributed by atoms with van der Waals surface area (Å²) in [5.74, 6) is -0.324. The number of hydrogen-bond acceptors (Lipinski definition) is 3. The van der Waals surface area contributed by atoms with Crippen LogP contribution in [0.3, 0.4) is 0 Å². The van der Waals surface area contributed by atoms with E-state index in [2.05, 4.69) is 87.1 Å². The van der Waals surface area contributed by atoms with Crippen LogP contribution in [-0.2, 0) is 9.47 Å². The standard InChI is InChI=1S/C53H95NO2/c1-5-8-11-14-17-20-22-24-26-28-30-32-34-36-39-42-45-53(46-43-40-37-35-33-31-29-27-25-23-21-18-15-12-9-6-2)55-51-48-50(49-52(51)56-53)54(4)47-44-41-38-19-16-13-10-7-3/h7,17-18,20-21,24-27,50-52H,3,5-6,8-16,19,22-23,28-49H2,1-2,4H3. The van der Waals surface area contributed by atoms with Crippen LogP contribution < -0.4 is 0 Å². The van der Waals surface area contributed by atoms with Gasteiger partial charge < -0.3 is 14.4 Å². The van der Waals surface area contributed by atoms with Crippen LogP contribution in [0, 0.1) is 0 Å². The predicted octanol–water partition coefficient (Wildman–Crippen LogP) is 16.9. The summed E-state index contributed by atoms with van der Waals surface area (Å²) < 4.78 is 14.0. The summed E-state index contributed by atoms with van der Waals surface area (Å²) in [4.78, 5) is 2.62. The number of rotatable bonds is 40. The molecule has 0 aromatic heterocycles. The zero-order valence-corrected chi connectivity index (χ0v) is 37.9. The van der Waals surface area contributed by atoms with Gasteiger partial charge in [0, 0.05) is 18.9 Å². The van der Waals surface area contributed by atoms with Gasteiger partial charge in [0.1, 0.15) is 0 Å². The molecule has 1 aliphatic carbocycles. The average Bonchev–Trinajstić information content (AvgIpc) is 3.75. The fourth-order valence-corrected chi connectivity index (χ4v) is 8.79. The zero-order valence-electron chi connectivity index (χ0n) is 37.9. The van der Waals surface area contributed by atoms with Crippen LogP contribution in [0.25, 0.3) is 0 Å². The van der Waals surface area contributed by atoms with Crippen molar-refractivity contribution in [1.29, 1.82) is 0 Å². The first kappa shape index (κ1) is 50.7. The Hall–Kier alpha value is -1.42. The molecule has 2 rings (SSSR count). The van der Waals surface area contributed by atoms with Crippen LogP contribution in [-0.4, -0.2) is 42.5 Å². The van der Waals surface area contributed by atoms with Crippen LogP contribution in [0.2, 0.25) is 0 Å². The van der Waals surface area contributed by atoms with Gasteiger partial charge in [0.05, 0.1) is 12.2 Å². The Bertz CT molecular complexity index is 932. The van der Waals surface area contributed by atoms with Gasteiger partial charge in [-0.05, 0) is 123 Å². The van der Waals surface area contributed by atoms with Gasteiger partial charge in [-0.2, -0.15) is 0 Å². The summed E-state index contributed by atoms with van der Waals surface area (Å²) in [5.41, 5.74) is 0. The molecule has 324 valence electrons. The second-order valence-corrected chi connectivity index (χ2v) is 17.7. The van der Waals surface area contributed by atoms with E-state index in [1.54, 1.807) is 0 Å². The minimum absolute atomic E-state index is 0.293. The molecule has 1 aliphatic heterocycles. The molecule has 2 atom stereocenters. The van der Waals surface area contributed by atoms with Gasteiger partial charge >= 0.3 is 0 Å². The Kier molecular flexibility index (Phi) is 33.2. The van der Waals surface area contributed by atoms with Crippen LogP contribution in [0.4, 0.5) is 0 Å². The summed E-state index contributed by atoms with van der Waals surface area (Å²) in [6.07, 6.45) is 66.4. The third-order valence-corrected chi connectivity index (χ3v) is 12.5. The lowest BCUT2D eigenvalue weighted by atomic mass is 9.98. The van der Waals surface area contributed by atoms with Crippen molar-refractivity contribution < 1.29 is 9.47 Å². The largest absolute Gasteiger partial charge is 0.344 e. The Morgan fingerprint density at radius 3 is 1.23 bits per heavy atom. The first-order valence-corrected chi connectivity index (χ1v) is 24.9. The number of unbranched alkanes of at least 4 members (excludes halogenated alkanes) is 24. The second-order valence-electron chi connectivity index (χ2n) is 17.7. The molecule has 56 heavy (non-hydrogen) atoms. The Morgan fingerprint density at radius 2 is 0.821 bits per heavy atom. The summed E-state index contributed by atoms with van der Waals surface area (Å²) in [5, 5.41) is 0. The molecule has 0 N–H and O–H groups in total. The highest BCUT2D eigenvalue weighted by Gasteiger charge is 2.51. The molecule has 1 saturated carbocycles. The number of allylic oxidation sites excluding steroid dienone is 9. The molecular weight excluding hydrogens is 683 g/mol. The predicted molar refractivity (Wildman–Crippen MR) is 249 cm³/mol. The highest BCUT2D eigenvalue weighted by molar-refractivity contribution is 4.97. The van der Waals surface area contributed by atoms with Crippen molar-refractivity contribution in [2.75, 3.05) is 13.6 Å². The van der Waals surface area contributed by atoms with Gasteiger partial charge in [0.15, 0.2) is 5.79 Å². The van der Waals surface area contributed by atoms with E-state index in [0.717, 1.165) is 38.5 Å². The van der Waals surface area contributed by atoms with Crippen LogP contribution in [0.15, 0.2) is 61.3 Å². The molecule has 1 saturated heterocycles. The molecule has 0 bridgehead atoms. The number of nitrogens with zero attached hydrogens (tertiary/aromatic N) is 1. The third kappa shape index (κ3) is 26.6. The van der Waals surface area contributed by atoms with Crippen molar-refractivity contribution >= 4 is 0 Å². The molecule has 0 aromatic carbocycles. The SMILES string of the molecule is C=CCCCCCCCCN(C)C1CC2OC(CCCCCCCCC=CCC=CCCCCC)(CCCCCCCCC=CCC=CCCCCC)OC2C1. The third-order valence-electron chi connectivity index (χ3n) is 12.5. The monoisotopic (exact) mass is 778 g/mol. The van der Waals surface area contributed by atoms with Crippen molar-refractivity contribution in [2.24, 2.45) is 0 Å². The minimum Gasteiger partial charge on any atom is -0.344 e. The zero-order chi connectivity index (χ0) is 40.0. The molecule has 0 aromatic rings.